The van der Waals surface area contributed by atoms with E-state index in [4.69, 9.17) is 9.63 Å². The third-order valence-electron chi connectivity index (χ3n) is 2.34. The van der Waals surface area contributed by atoms with Crippen molar-refractivity contribution in [3.05, 3.63) is 12.2 Å². The fourth-order valence-electron chi connectivity index (χ4n) is 1.50. The van der Waals surface area contributed by atoms with Crippen LogP contribution in [0.4, 0.5) is 0 Å². The molecule has 2 rings (SSSR count). The zero-order valence-electron chi connectivity index (χ0n) is 8.30. The molecule has 1 aromatic rings. The Balaban J connectivity index is 1.88. The van der Waals surface area contributed by atoms with Crippen LogP contribution in [0.15, 0.2) is 10.9 Å². The van der Waals surface area contributed by atoms with Gasteiger partial charge in [-0.15, -0.1) is 0 Å². The van der Waals surface area contributed by atoms with Gasteiger partial charge in [-0.1, -0.05) is 5.16 Å². The highest BCUT2D eigenvalue weighted by atomic mass is 16.5. The lowest BCUT2D eigenvalue weighted by atomic mass is 10.3. The summed E-state index contributed by atoms with van der Waals surface area (Å²) in [6.45, 7) is 1.25. The number of carboxylic acids is 1. The molecule has 0 aromatic carbocycles. The van der Waals surface area contributed by atoms with Crippen molar-refractivity contribution in [1.82, 2.24) is 15.0 Å². The van der Waals surface area contributed by atoms with Crippen LogP contribution in [-0.4, -0.2) is 39.2 Å². The van der Waals surface area contributed by atoms with Crippen LogP contribution in [0, 0.1) is 5.92 Å². The Kier molecular flexibility index (Phi) is 2.96. The Morgan fingerprint density at radius 1 is 1.67 bits per heavy atom. The van der Waals surface area contributed by atoms with Gasteiger partial charge in [0.25, 0.3) is 0 Å². The molecule has 0 saturated heterocycles. The molecule has 0 aliphatic heterocycles. The maximum absolute atomic E-state index is 10.6. The fourth-order valence-corrected chi connectivity index (χ4v) is 1.50. The number of carbonyl (C=O) groups is 1. The molecule has 1 N–H and O–H groups in total. The van der Waals surface area contributed by atoms with Gasteiger partial charge in [-0.05, 0) is 18.8 Å². The number of aliphatic carboxylic acids is 1. The van der Waals surface area contributed by atoms with Crippen molar-refractivity contribution >= 4 is 5.97 Å². The highest BCUT2D eigenvalue weighted by Gasteiger charge is 2.26. The maximum Gasteiger partial charge on any atom is 0.317 e. The first-order chi connectivity index (χ1) is 7.24. The van der Waals surface area contributed by atoms with Gasteiger partial charge in [-0.2, -0.15) is 4.98 Å². The molecule has 0 atom stereocenters. The first-order valence-electron chi connectivity index (χ1n) is 4.93. The molecule has 0 spiro atoms. The van der Waals surface area contributed by atoms with Crippen LogP contribution in [0.1, 0.15) is 18.7 Å². The molecule has 0 amide bonds. The normalized spacial score (nSPS) is 15.8. The molecule has 1 heterocycles. The van der Waals surface area contributed by atoms with Gasteiger partial charge >= 0.3 is 5.97 Å². The van der Waals surface area contributed by atoms with Crippen LogP contribution in [0.25, 0.3) is 0 Å². The second-order valence-electron chi connectivity index (χ2n) is 3.84. The fraction of sp³-hybridized carbons (Fsp3) is 0.667. The van der Waals surface area contributed by atoms with Crippen molar-refractivity contribution in [2.45, 2.75) is 19.4 Å². The molecule has 0 unspecified atom stereocenters. The second kappa shape index (κ2) is 4.39. The minimum atomic E-state index is -0.824. The molecule has 1 aromatic heterocycles. The average Bonchev–Trinajstić information content (AvgIpc) is 2.80. The van der Waals surface area contributed by atoms with E-state index in [1.165, 1.54) is 19.2 Å². The van der Waals surface area contributed by atoms with E-state index < -0.39 is 5.97 Å². The Morgan fingerprint density at radius 3 is 3.00 bits per heavy atom. The van der Waals surface area contributed by atoms with Crippen LogP contribution in [-0.2, 0) is 11.3 Å². The van der Waals surface area contributed by atoms with Crippen molar-refractivity contribution in [3.63, 3.8) is 0 Å². The summed E-state index contributed by atoms with van der Waals surface area (Å²) < 4.78 is 4.85. The Bertz CT molecular complexity index is 321. The molecular weight excluding hydrogens is 198 g/mol. The number of hydrogen-bond donors (Lipinski definition) is 1. The van der Waals surface area contributed by atoms with E-state index in [0.29, 0.717) is 18.4 Å². The SMILES string of the molecule is O=C(O)CN(Cc1ncno1)CC1CC1. The summed E-state index contributed by atoms with van der Waals surface area (Å²) in [5.74, 6) is 0.291. The number of carboxylic acid groups (broad SMARTS) is 1. The topological polar surface area (TPSA) is 79.5 Å². The zero-order chi connectivity index (χ0) is 10.7. The van der Waals surface area contributed by atoms with E-state index in [0.717, 1.165) is 6.54 Å². The molecule has 6 nitrogen and oxygen atoms in total. The number of aromatic nitrogens is 2. The predicted octanol–water partition coefficient (Wildman–Crippen LogP) is 0.366. The highest BCUT2D eigenvalue weighted by molar-refractivity contribution is 5.69. The van der Waals surface area contributed by atoms with Crippen molar-refractivity contribution in [2.75, 3.05) is 13.1 Å². The third-order valence-corrected chi connectivity index (χ3v) is 2.34. The second-order valence-corrected chi connectivity index (χ2v) is 3.84. The Labute approximate surface area is 86.9 Å². The summed E-state index contributed by atoms with van der Waals surface area (Å²) in [6.07, 6.45) is 3.71. The monoisotopic (exact) mass is 211 g/mol. The van der Waals surface area contributed by atoms with Gasteiger partial charge in [0.15, 0.2) is 6.33 Å². The maximum atomic E-state index is 10.6. The molecule has 6 heteroatoms. The molecular formula is C9H13N3O3. The van der Waals surface area contributed by atoms with E-state index in [1.807, 2.05) is 4.90 Å². The van der Waals surface area contributed by atoms with E-state index in [1.54, 1.807) is 0 Å². The van der Waals surface area contributed by atoms with Gasteiger partial charge in [0, 0.05) is 6.54 Å². The van der Waals surface area contributed by atoms with Gasteiger partial charge in [-0.3, -0.25) is 9.69 Å². The lowest BCUT2D eigenvalue weighted by Gasteiger charge is -2.17. The summed E-state index contributed by atoms with van der Waals surface area (Å²) >= 11 is 0. The van der Waals surface area contributed by atoms with Crippen molar-refractivity contribution < 1.29 is 14.4 Å². The van der Waals surface area contributed by atoms with Crippen LogP contribution >= 0.6 is 0 Å². The third kappa shape index (κ3) is 3.32. The lowest BCUT2D eigenvalue weighted by molar-refractivity contribution is -0.138. The number of nitrogens with zero attached hydrogens (tertiary/aromatic N) is 3. The minimum Gasteiger partial charge on any atom is -0.480 e. The van der Waals surface area contributed by atoms with Crippen LogP contribution < -0.4 is 0 Å². The minimum absolute atomic E-state index is 0.0267. The van der Waals surface area contributed by atoms with E-state index in [2.05, 4.69) is 10.1 Å². The van der Waals surface area contributed by atoms with Gasteiger partial charge in [0.2, 0.25) is 5.89 Å². The quantitative estimate of drug-likeness (QED) is 0.732. The lowest BCUT2D eigenvalue weighted by Crippen LogP contribution is -2.31. The van der Waals surface area contributed by atoms with Gasteiger partial charge in [0.1, 0.15) is 0 Å². The van der Waals surface area contributed by atoms with Gasteiger partial charge in [0.05, 0.1) is 13.1 Å². The number of hydrogen-bond acceptors (Lipinski definition) is 5. The van der Waals surface area contributed by atoms with Crippen molar-refractivity contribution in [1.29, 1.82) is 0 Å². The summed E-state index contributed by atoms with van der Waals surface area (Å²) in [7, 11) is 0. The Hall–Kier alpha value is -1.43. The molecule has 1 saturated carbocycles. The Morgan fingerprint density at radius 2 is 2.47 bits per heavy atom. The molecule has 0 bridgehead atoms. The summed E-state index contributed by atoms with van der Waals surface area (Å²) in [5.41, 5.74) is 0. The standard InChI is InChI=1S/C9H13N3O3/c13-9(14)5-12(3-7-1-2-7)4-8-10-6-11-15-8/h6-7H,1-5H2,(H,13,14). The largest absolute Gasteiger partial charge is 0.480 e. The smallest absolute Gasteiger partial charge is 0.317 e. The highest BCUT2D eigenvalue weighted by Crippen LogP contribution is 2.29. The summed E-state index contributed by atoms with van der Waals surface area (Å²) in [5, 5.41) is 12.2. The van der Waals surface area contributed by atoms with Crippen molar-refractivity contribution in [3.8, 4) is 0 Å². The first kappa shape index (κ1) is 10.1. The summed E-state index contributed by atoms with van der Waals surface area (Å²) in [6, 6.07) is 0. The predicted molar refractivity (Wildman–Crippen MR) is 49.9 cm³/mol. The van der Waals surface area contributed by atoms with Gasteiger partial charge in [-0.25, -0.2) is 0 Å². The van der Waals surface area contributed by atoms with Crippen LogP contribution in [0.3, 0.4) is 0 Å². The molecule has 1 aliphatic carbocycles. The van der Waals surface area contributed by atoms with E-state index >= 15 is 0 Å². The molecule has 1 fully saturated rings. The molecule has 0 radical (unpaired) electrons. The summed E-state index contributed by atoms with van der Waals surface area (Å²) in [4.78, 5) is 16.3. The number of rotatable bonds is 6. The molecule has 82 valence electrons. The van der Waals surface area contributed by atoms with Crippen LogP contribution in [0.2, 0.25) is 0 Å². The van der Waals surface area contributed by atoms with E-state index in [-0.39, 0.29) is 6.54 Å². The molecule has 15 heavy (non-hydrogen) atoms. The van der Waals surface area contributed by atoms with E-state index in [9.17, 15) is 4.79 Å². The molecule has 1 aliphatic rings. The van der Waals surface area contributed by atoms with Crippen LogP contribution in [0.5, 0.6) is 0 Å². The van der Waals surface area contributed by atoms with Crippen molar-refractivity contribution in [2.24, 2.45) is 5.92 Å². The zero-order valence-corrected chi connectivity index (χ0v) is 8.30. The first-order valence-corrected chi connectivity index (χ1v) is 4.93. The van der Waals surface area contributed by atoms with Gasteiger partial charge < -0.3 is 9.63 Å². The average molecular weight is 211 g/mol.